The molecule has 0 radical (unpaired) electrons. The highest BCUT2D eigenvalue weighted by atomic mass is 16.5. The van der Waals surface area contributed by atoms with Crippen LogP contribution in [0.5, 0.6) is 0 Å². The van der Waals surface area contributed by atoms with E-state index in [1.807, 2.05) is 30.3 Å². The molecule has 0 saturated carbocycles. The van der Waals surface area contributed by atoms with Crippen molar-refractivity contribution in [3.05, 3.63) is 60.2 Å². The number of carbonyl (C=O) groups excluding carboxylic acids is 2. The number of ether oxygens (including phenoxy) is 2. The Morgan fingerprint density at radius 1 is 1.10 bits per heavy atom. The van der Waals surface area contributed by atoms with Crippen molar-refractivity contribution in [1.82, 2.24) is 9.80 Å². The van der Waals surface area contributed by atoms with Crippen molar-refractivity contribution in [2.24, 2.45) is 0 Å². The normalized spacial score (nSPS) is 18.8. The number of carbonyl (C=O) groups is 2. The molecular weight excluding hydrogens is 380 g/mol. The van der Waals surface area contributed by atoms with E-state index in [9.17, 15) is 9.59 Å². The summed E-state index contributed by atoms with van der Waals surface area (Å²) in [6.45, 7) is 1.41. The summed E-state index contributed by atoms with van der Waals surface area (Å²) < 4.78 is 11.1. The van der Waals surface area contributed by atoms with Crippen LogP contribution < -0.4 is 0 Å². The third kappa shape index (κ3) is 5.07. The summed E-state index contributed by atoms with van der Waals surface area (Å²) in [5.74, 6) is -0.147. The Hall–Kier alpha value is -2.70. The second-order valence-corrected chi connectivity index (χ2v) is 7.84. The SMILES string of the molecule is COCCC(=O)N1CCO[C@](Cc2cccc(-c3ccccc3)c2)(C(=O)N(C)C)C1. The Labute approximate surface area is 178 Å². The third-order valence-electron chi connectivity index (χ3n) is 5.38. The molecule has 2 aromatic rings. The molecule has 0 bridgehead atoms. The van der Waals surface area contributed by atoms with Crippen LogP contribution in [0.15, 0.2) is 54.6 Å². The maximum atomic E-state index is 13.2. The number of benzene rings is 2. The number of likely N-dealkylation sites (N-methyl/N-ethyl adjacent to an activating group) is 1. The standard InChI is InChI=1S/C24H30N2O4/c1-25(2)23(28)24(18-26(13-15-30-24)22(27)12-14-29-3)17-19-8-7-11-21(16-19)20-9-5-4-6-10-20/h4-11,16H,12-15,17-18H2,1-3H3/t24-/m0/s1. The summed E-state index contributed by atoms with van der Waals surface area (Å²) in [5, 5.41) is 0. The number of hydrogen-bond acceptors (Lipinski definition) is 4. The van der Waals surface area contributed by atoms with Crippen molar-refractivity contribution in [1.29, 1.82) is 0 Å². The van der Waals surface area contributed by atoms with Crippen LogP contribution >= 0.6 is 0 Å². The van der Waals surface area contributed by atoms with E-state index in [0.717, 1.165) is 16.7 Å². The molecule has 0 aliphatic carbocycles. The maximum Gasteiger partial charge on any atom is 0.256 e. The summed E-state index contributed by atoms with van der Waals surface area (Å²) in [6, 6.07) is 18.3. The highest BCUT2D eigenvalue weighted by Crippen LogP contribution is 2.28. The van der Waals surface area contributed by atoms with Crippen molar-refractivity contribution in [2.45, 2.75) is 18.4 Å². The number of amides is 2. The van der Waals surface area contributed by atoms with Gasteiger partial charge in [-0.1, -0.05) is 54.6 Å². The first-order chi connectivity index (χ1) is 14.4. The highest BCUT2D eigenvalue weighted by molar-refractivity contribution is 5.87. The van der Waals surface area contributed by atoms with E-state index in [-0.39, 0.29) is 18.4 Å². The zero-order valence-corrected chi connectivity index (χ0v) is 18.0. The average molecular weight is 411 g/mol. The lowest BCUT2D eigenvalue weighted by atomic mass is 9.89. The highest BCUT2D eigenvalue weighted by Gasteiger charge is 2.45. The predicted molar refractivity (Wildman–Crippen MR) is 116 cm³/mol. The van der Waals surface area contributed by atoms with Crippen molar-refractivity contribution < 1.29 is 19.1 Å². The number of nitrogens with zero attached hydrogens (tertiary/aromatic N) is 2. The van der Waals surface area contributed by atoms with E-state index in [1.165, 1.54) is 0 Å². The van der Waals surface area contributed by atoms with Crippen molar-refractivity contribution >= 4 is 11.8 Å². The van der Waals surface area contributed by atoms with Crippen LogP contribution in [0, 0.1) is 0 Å². The van der Waals surface area contributed by atoms with Gasteiger partial charge in [-0.2, -0.15) is 0 Å². The molecule has 6 nitrogen and oxygen atoms in total. The molecular formula is C24H30N2O4. The van der Waals surface area contributed by atoms with Crippen LogP contribution in [0.4, 0.5) is 0 Å². The smallest absolute Gasteiger partial charge is 0.256 e. The van der Waals surface area contributed by atoms with Gasteiger partial charge in [0.25, 0.3) is 5.91 Å². The molecule has 0 unspecified atom stereocenters. The molecule has 1 saturated heterocycles. The Balaban J connectivity index is 1.88. The van der Waals surface area contributed by atoms with Gasteiger partial charge >= 0.3 is 0 Å². The number of methoxy groups -OCH3 is 1. The van der Waals surface area contributed by atoms with Crippen LogP contribution in [0.2, 0.25) is 0 Å². The first-order valence-corrected chi connectivity index (χ1v) is 10.2. The third-order valence-corrected chi connectivity index (χ3v) is 5.38. The molecule has 1 fully saturated rings. The van der Waals surface area contributed by atoms with Gasteiger partial charge in [-0.15, -0.1) is 0 Å². The molecule has 1 atom stereocenters. The maximum absolute atomic E-state index is 13.2. The van der Waals surface area contributed by atoms with E-state index >= 15 is 0 Å². The molecule has 30 heavy (non-hydrogen) atoms. The van der Waals surface area contributed by atoms with Crippen molar-refractivity contribution in [3.8, 4) is 11.1 Å². The fourth-order valence-electron chi connectivity index (χ4n) is 3.89. The second kappa shape index (κ2) is 9.87. The van der Waals surface area contributed by atoms with Crippen LogP contribution in [0.25, 0.3) is 11.1 Å². The fourth-order valence-corrected chi connectivity index (χ4v) is 3.89. The molecule has 0 N–H and O–H groups in total. The van der Waals surface area contributed by atoms with E-state index in [1.54, 1.807) is 31.0 Å². The van der Waals surface area contributed by atoms with Gasteiger partial charge in [-0.25, -0.2) is 0 Å². The lowest BCUT2D eigenvalue weighted by Crippen LogP contribution is -2.61. The molecule has 1 aliphatic rings. The Kier molecular flexibility index (Phi) is 7.24. The van der Waals surface area contributed by atoms with Crippen molar-refractivity contribution in [3.63, 3.8) is 0 Å². The van der Waals surface area contributed by atoms with Crippen LogP contribution in [0.3, 0.4) is 0 Å². The lowest BCUT2D eigenvalue weighted by Gasteiger charge is -2.43. The van der Waals surface area contributed by atoms with Gasteiger partial charge in [0, 0.05) is 34.2 Å². The summed E-state index contributed by atoms with van der Waals surface area (Å²) in [5.41, 5.74) is 2.11. The average Bonchev–Trinajstić information content (AvgIpc) is 2.77. The zero-order chi connectivity index (χ0) is 21.6. The molecule has 0 spiro atoms. The molecule has 1 heterocycles. The largest absolute Gasteiger partial charge is 0.384 e. The van der Waals surface area contributed by atoms with E-state index in [0.29, 0.717) is 32.6 Å². The summed E-state index contributed by atoms with van der Waals surface area (Å²) in [4.78, 5) is 29.1. The number of morpholine rings is 1. The predicted octanol–water partition coefficient (Wildman–Crippen LogP) is 2.62. The minimum Gasteiger partial charge on any atom is -0.384 e. The quantitative estimate of drug-likeness (QED) is 0.704. The molecule has 3 rings (SSSR count). The Morgan fingerprint density at radius 2 is 1.83 bits per heavy atom. The molecule has 6 heteroatoms. The molecule has 2 amide bonds. The number of rotatable bonds is 7. The van der Waals surface area contributed by atoms with Crippen LogP contribution in [-0.2, 0) is 25.5 Å². The summed E-state index contributed by atoms with van der Waals surface area (Å²) >= 11 is 0. The van der Waals surface area contributed by atoms with E-state index in [2.05, 4.69) is 24.3 Å². The monoisotopic (exact) mass is 410 g/mol. The van der Waals surface area contributed by atoms with Gasteiger partial charge < -0.3 is 19.3 Å². The Bertz CT molecular complexity index is 869. The minimum absolute atomic E-state index is 0.0193. The van der Waals surface area contributed by atoms with Crippen LogP contribution in [-0.4, -0.2) is 74.7 Å². The van der Waals surface area contributed by atoms with Gasteiger partial charge in [0.15, 0.2) is 5.60 Å². The summed E-state index contributed by atoms with van der Waals surface area (Å²) in [6.07, 6.45) is 0.699. The van der Waals surface area contributed by atoms with E-state index in [4.69, 9.17) is 9.47 Å². The lowest BCUT2D eigenvalue weighted by molar-refractivity contribution is -0.172. The summed E-state index contributed by atoms with van der Waals surface area (Å²) in [7, 11) is 5.02. The molecule has 1 aliphatic heterocycles. The number of hydrogen-bond donors (Lipinski definition) is 0. The first-order valence-electron chi connectivity index (χ1n) is 10.2. The Morgan fingerprint density at radius 3 is 2.53 bits per heavy atom. The molecule has 0 aromatic heterocycles. The second-order valence-electron chi connectivity index (χ2n) is 7.84. The van der Waals surface area contributed by atoms with Gasteiger partial charge in [0.05, 0.1) is 26.2 Å². The van der Waals surface area contributed by atoms with Gasteiger partial charge in [-0.3, -0.25) is 9.59 Å². The fraction of sp³-hybridized carbons (Fsp3) is 0.417. The topological polar surface area (TPSA) is 59.1 Å². The zero-order valence-electron chi connectivity index (χ0n) is 18.0. The van der Waals surface area contributed by atoms with Gasteiger partial charge in [0.2, 0.25) is 5.91 Å². The first kappa shape index (κ1) is 22.0. The van der Waals surface area contributed by atoms with Gasteiger partial charge in [-0.05, 0) is 16.7 Å². The van der Waals surface area contributed by atoms with Crippen molar-refractivity contribution in [2.75, 3.05) is 47.5 Å². The van der Waals surface area contributed by atoms with Crippen LogP contribution in [0.1, 0.15) is 12.0 Å². The van der Waals surface area contributed by atoms with E-state index < -0.39 is 5.60 Å². The molecule has 160 valence electrons. The molecule has 2 aromatic carbocycles. The minimum atomic E-state index is -1.10. The van der Waals surface area contributed by atoms with Gasteiger partial charge in [0.1, 0.15) is 0 Å².